The Kier molecular flexibility index (Phi) is 7.52. The summed E-state index contributed by atoms with van der Waals surface area (Å²) in [7, 11) is 1.86. The number of benzene rings is 2. The van der Waals surface area contributed by atoms with E-state index in [1.54, 1.807) is 4.90 Å². The van der Waals surface area contributed by atoms with Crippen molar-refractivity contribution in [3.8, 4) is 0 Å². The summed E-state index contributed by atoms with van der Waals surface area (Å²) in [5, 5.41) is 3.40. The lowest BCUT2D eigenvalue weighted by Gasteiger charge is -2.22. The van der Waals surface area contributed by atoms with Gasteiger partial charge in [0.25, 0.3) is 0 Å². The van der Waals surface area contributed by atoms with Crippen LogP contribution >= 0.6 is 0 Å². The maximum atomic E-state index is 12.3. The van der Waals surface area contributed by atoms with Gasteiger partial charge in [-0.1, -0.05) is 30.3 Å². The molecule has 0 saturated carbocycles. The second-order valence-corrected chi connectivity index (χ2v) is 6.58. The largest absolute Gasteiger partial charge is 0.384 e. The lowest BCUT2D eigenvalue weighted by atomic mass is 10.1. The number of hydrogen-bond donors (Lipinski definition) is 1. The summed E-state index contributed by atoms with van der Waals surface area (Å²) in [6.45, 7) is 9.75. The number of rotatable bonds is 9. The molecule has 0 aromatic heterocycles. The van der Waals surface area contributed by atoms with Crippen LogP contribution in [0.15, 0.2) is 48.5 Å². The molecule has 0 radical (unpaired) electrons. The van der Waals surface area contributed by atoms with Crippen LogP contribution in [0.25, 0.3) is 0 Å². The number of anilines is 2. The van der Waals surface area contributed by atoms with Crippen molar-refractivity contribution in [3.05, 3.63) is 59.7 Å². The van der Waals surface area contributed by atoms with Gasteiger partial charge in [-0.05, 0) is 50.1 Å². The van der Waals surface area contributed by atoms with Gasteiger partial charge in [0.05, 0.1) is 0 Å². The molecule has 26 heavy (non-hydrogen) atoms. The first-order valence-electron chi connectivity index (χ1n) is 9.42. The maximum absolute atomic E-state index is 12.3. The van der Waals surface area contributed by atoms with Gasteiger partial charge < -0.3 is 15.1 Å². The number of aryl methyl sites for hydroxylation is 1. The molecular formula is C22H31N3O. The fraction of sp³-hybridized carbons (Fsp3) is 0.409. The van der Waals surface area contributed by atoms with Crippen LogP contribution in [0.1, 0.15) is 31.4 Å². The molecule has 2 aromatic rings. The smallest absolute Gasteiger partial charge is 0.224 e. The summed E-state index contributed by atoms with van der Waals surface area (Å²) < 4.78 is 0. The maximum Gasteiger partial charge on any atom is 0.224 e. The van der Waals surface area contributed by atoms with E-state index in [0.717, 1.165) is 24.3 Å². The minimum absolute atomic E-state index is 0.152. The average Bonchev–Trinajstić information content (AvgIpc) is 2.65. The second-order valence-electron chi connectivity index (χ2n) is 6.58. The Morgan fingerprint density at radius 3 is 2.35 bits per heavy atom. The van der Waals surface area contributed by atoms with Crippen molar-refractivity contribution in [2.45, 2.75) is 33.7 Å². The van der Waals surface area contributed by atoms with Crippen molar-refractivity contribution in [1.29, 1.82) is 0 Å². The normalized spacial score (nSPS) is 10.5. The molecule has 0 atom stereocenters. The van der Waals surface area contributed by atoms with Crippen molar-refractivity contribution in [3.63, 3.8) is 0 Å². The fourth-order valence-electron chi connectivity index (χ4n) is 3.07. The van der Waals surface area contributed by atoms with Crippen LogP contribution in [0.5, 0.6) is 0 Å². The molecule has 1 N–H and O–H groups in total. The summed E-state index contributed by atoms with van der Waals surface area (Å²) in [4.78, 5) is 16.4. The molecular weight excluding hydrogens is 322 g/mol. The Labute approximate surface area is 157 Å². The highest BCUT2D eigenvalue weighted by atomic mass is 16.2. The summed E-state index contributed by atoms with van der Waals surface area (Å²) >= 11 is 0. The van der Waals surface area contributed by atoms with Crippen LogP contribution in [-0.2, 0) is 11.3 Å². The van der Waals surface area contributed by atoms with Crippen LogP contribution in [0, 0.1) is 6.92 Å². The van der Waals surface area contributed by atoms with Gasteiger partial charge in [-0.15, -0.1) is 0 Å². The van der Waals surface area contributed by atoms with Crippen molar-refractivity contribution < 1.29 is 4.79 Å². The van der Waals surface area contributed by atoms with E-state index < -0.39 is 0 Å². The molecule has 0 fully saturated rings. The van der Waals surface area contributed by atoms with Crippen molar-refractivity contribution in [2.24, 2.45) is 0 Å². The van der Waals surface area contributed by atoms with Gasteiger partial charge in [0.1, 0.15) is 0 Å². The Bertz CT molecular complexity index is 696. The van der Waals surface area contributed by atoms with Crippen molar-refractivity contribution in [2.75, 3.05) is 36.9 Å². The molecule has 0 heterocycles. The zero-order chi connectivity index (χ0) is 18.9. The van der Waals surface area contributed by atoms with Crippen molar-refractivity contribution in [1.82, 2.24) is 4.90 Å². The Hall–Kier alpha value is -2.49. The Morgan fingerprint density at radius 1 is 1.04 bits per heavy atom. The van der Waals surface area contributed by atoms with Crippen LogP contribution in [-0.4, -0.2) is 37.5 Å². The molecule has 0 aliphatic rings. The number of nitrogens with one attached hydrogen (secondary N) is 1. The molecule has 2 rings (SSSR count). The van der Waals surface area contributed by atoms with E-state index in [1.165, 1.54) is 11.3 Å². The molecule has 2 aromatic carbocycles. The lowest BCUT2D eigenvalue weighted by Crippen LogP contribution is -2.27. The summed E-state index contributed by atoms with van der Waals surface area (Å²) in [6, 6.07) is 16.5. The number of amides is 1. The van der Waals surface area contributed by atoms with Crippen LogP contribution in [0.2, 0.25) is 0 Å². The Balaban J connectivity index is 1.84. The molecule has 0 aliphatic heterocycles. The molecule has 1 amide bonds. The van der Waals surface area contributed by atoms with Gasteiger partial charge >= 0.3 is 0 Å². The number of carbonyl (C=O) groups is 1. The van der Waals surface area contributed by atoms with Gasteiger partial charge in [0.15, 0.2) is 0 Å². The van der Waals surface area contributed by atoms with Gasteiger partial charge in [0, 0.05) is 51.0 Å². The van der Waals surface area contributed by atoms with E-state index in [0.29, 0.717) is 19.5 Å². The average molecular weight is 354 g/mol. The highest BCUT2D eigenvalue weighted by Crippen LogP contribution is 2.22. The zero-order valence-electron chi connectivity index (χ0n) is 16.5. The van der Waals surface area contributed by atoms with E-state index >= 15 is 0 Å². The third-order valence-corrected chi connectivity index (χ3v) is 4.68. The van der Waals surface area contributed by atoms with Crippen molar-refractivity contribution >= 4 is 17.3 Å². The predicted molar refractivity (Wildman–Crippen MR) is 111 cm³/mol. The van der Waals surface area contributed by atoms with E-state index in [1.807, 2.05) is 37.4 Å². The van der Waals surface area contributed by atoms with Gasteiger partial charge in [-0.3, -0.25) is 4.79 Å². The molecule has 0 bridgehead atoms. The number of hydrogen-bond acceptors (Lipinski definition) is 3. The monoisotopic (exact) mass is 353 g/mol. The van der Waals surface area contributed by atoms with E-state index in [9.17, 15) is 4.79 Å². The minimum Gasteiger partial charge on any atom is -0.384 e. The number of carbonyl (C=O) groups excluding carboxylic acids is 1. The fourth-order valence-corrected chi connectivity index (χ4v) is 3.07. The van der Waals surface area contributed by atoms with E-state index in [-0.39, 0.29) is 5.91 Å². The molecule has 4 nitrogen and oxygen atoms in total. The summed E-state index contributed by atoms with van der Waals surface area (Å²) in [6.07, 6.45) is 0.487. The Morgan fingerprint density at radius 2 is 1.73 bits per heavy atom. The standard InChI is InChI=1S/C22H31N3O/c1-5-25(6-2)20-12-13-21(18(3)16-20)23-15-14-22(26)24(4)17-19-10-8-7-9-11-19/h7-13,16,23H,5-6,14-15,17H2,1-4H3. The van der Waals surface area contributed by atoms with Crippen LogP contribution in [0.3, 0.4) is 0 Å². The third kappa shape index (κ3) is 5.51. The minimum atomic E-state index is 0.152. The molecule has 0 spiro atoms. The molecule has 140 valence electrons. The quantitative estimate of drug-likeness (QED) is 0.730. The molecule has 0 aliphatic carbocycles. The summed E-state index contributed by atoms with van der Waals surface area (Å²) in [5.74, 6) is 0.152. The first kappa shape index (κ1) is 19.8. The highest BCUT2D eigenvalue weighted by molar-refractivity contribution is 5.76. The first-order valence-corrected chi connectivity index (χ1v) is 9.42. The van der Waals surface area contributed by atoms with Gasteiger partial charge in [0.2, 0.25) is 5.91 Å². The second kappa shape index (κ2) is 9.85. The highest BCUT2D eigenvalue weighted by Gasteiger charge is 2.10. The van der Waals surface area contributed by atoms with Crippen LogP contribution in [0.4, 0.5) is 11.4 Å². The molecule has 0 saturated heterocycles. The SMILES string of the molecule is CCN(CC)c1ccc(NCCC(=O)N(C)Cc2ccccc2)c(C)c1. The van der Waals surface area contributed by atoms with E-state index in [2.05, 4.69) is 49.2 Å². The first-order chi connectivity index (χ1) is 12.5. The summed E-state index contributed by atoms with van der Waals surface area (Å²) in [5.41, 5.74) is 4.70. The topological polar surface area (TPSA) is 35.6 Å². The zero-order valence-corrected chi connectivity index (χ0v) is 16.5. The third-order valence-electron chi connectivity index (χ3n) is 4.68. The van der Waals surface area contributed by atoms with Gasteiger partial charge in [-0.25, -0.2) is 0 Å². The molecule has 4 heteroatoms. The van der Waals surface area contributed by atoms with Gasteiger partial charge in [-0.2, -0.15) is 0 Å². The van der Waals surface area contributed by atoms with Crippen LogP contribution < -0.4 is 10.2 Å². The number of nitrogens with zero attached hydrogens (tertiary/aromatic N) is 2. The lowest BCUT2D eigenvalue weighted by molar-refractivity contribution is -0.130. The predicted octanol–water partition coefficient (Wildman–Crippen LogP) is 4.30. The molecule has 0 unspecified atom stereocenters. The van der Waals surface area contributed by atoms with E-state index in [4.69, 9.17) is 0 Å².